The number of anilines is 5. The van der Waals surface area contributed by atoms with E-state index < -0.39 is 0 Å². The van der Waals surface area contributed by atoms with E-state index in [1.165, 1.54) is 24.8 Å². The van der Waals surface area contributed by atoms with Gasteiger partial charge in [0, 0.05) is 30.5 Å². The van der Waals surface area contributed by atoms with Crippen LogP contribution in [0, 0.1) is 6.92 Å². The molecule has 0 amide bonds. The van der Waals surface area contributed by atoms with E-state index in [-0.39, 0.29) is 0 Å². The molecule has 1 fully saturated rings. The van der Waals surface area contributed by atoms with E-state index in [1.54, 1.807) is 0 Å². The van der Waals surface area contributed by atoms with Crippen LogP contribution in [0.4, 0.5) is 29.0 Å². The van der Waals surface area contributed by atoms with E-state index in [1.807, 2.05) is 24.3 Å². The SMILES string of the molecule is Cc1ccc(N(c2ccccc2)c2nc(N)cc(N3CCCCC3)n2)cc1. The zero-order valence-corrected chi connectivity index (χ0v) is 15.7. The van der Waals surface area contributed by atoms with Gasteiger partial charge >= 0.3 is 0 Å². The lowest BCUT2D eigenvalue weighted by Crippen LogP contribution is -2.30. The van der Waals surface area contributed by atoms with Gasteiger partial charge in [-0.2, -0.15) is 9.97 Å². The third kappa shape index (κ3) is 3.87. The number of benzene rings is 2. The van der Waals surface area contributed by atoms with Crippen LogP contribution in [0.3, 0.4) is 0 Å². The van der Waals surface area contributed by atoms with E-state index >= 15 is 0 Å². The molecular weight excluding hydrogens is 334 g/mol. The lowest BCUT2D eigenvalue weighted by molar-refractivity contribution is 0.573. The van der Waals surface area contributed by atoms with Gasteiger partial charge in [0.05, 0.1) is 0 Å². The molecule has 1 aromatic heterocycles. The molecule has 1 aliphatic rings. The average molecular weight is 359 g/mol. The Morgan fingerprint density at radius 3 is 2.22 bits per heavy atom. The second-order valence-corrected chi connectivity index (χ2v) is 7.01. The molecule has 5 heteroatoms. The highest BCUT2D eigenvalue weighted by atomic mass is 15.3. The second-order valence-electron chi connectivity index (χ2n) is 7.01. The molecule has 27 heavy (non-hydrogen) atoms. The molecule has 2 N–H and O–H groups in total. The normalized spacial score (nSPS) is 14.2. The van der Waals surface area contributed by atoms with Crippen LogP contribution < -0.4 is 15.5 Å². The van der Waals surface area contributed by atoms with Gasteiger partial charge in [-0.3, -0.25) is 4.90 Å². The van der Waals surface area contributed by atoms with Crippen LogP contribution in [-0.2, 0) is 0 Å². The molecule has 0 aliphatic carbocycles. The van der Waals surface area contributed by atoms with Crippen LogP contribution in [-0.4, -0.2) is 23.1 Å². The molecule has 0 spiro atoms. The summed E-state index contributed by atoms with van der Waals surface area (Å²) in [7, 11) is 0. The maximum absolute atomic E-state index is 6.18. The number of para-hydroxylation sites is 1. The molecule has 1 aliphatic heterocycles. The minimum absolute atomic E-state index is 0.494. The number of nitrogens with zero attached hydrogens (tertiary/aromatic N) is 4. The zero-order chi connectivity index (χ0) is 18.6. The summed E-state index contributed by atoms with van der Waals surface area (Å²) in [5.74, 6) is 2.00. The lowest BCUT2D eigenvalue weighted by Gasteiger charge is -2.29. The lowest BCUT2D eigenvalue weighted by atomic mass is 10.1. The Kier molecular flexibility index (Phi) is 4.92. The smallest absolute Gasteiger partial charge is 0.238 e. The Labute approximate surface area is 160 Å². The highest BCUT2D eigenvalue weighted by Gasteiger charge is 2.19. The van der Waals surface area contributed by atoms with Gasteiger partial charge in [-0.15, -0.1) is 0 Å². The highest BCUT2D eigenvalue weighted by molar-refractivity contribution is 5.74. The Bertz CT molecular complexity index is 886. The predicted molar refractivity (Wildman–Crippen MR) is 112 cm³/mol. The summed E-state index contributed by atoms with van der Waals surface area (Å²) in [6.45, 7) is 4.12. The average Bonchev–Trinajstić information content (AvgIpc) is 2.71. The zero-order valence-electron chi connectivity index (χ0n) is 15.7. The van der Waals surface area contributed by atoms with Crippen LogP contribution in [0.1, 0.15) is 24.8 Å². The number of hydrogen-bond acceptors (Lipinski definition) is 5. The fourth-order valence-electron chi connectivity index (χ4n) is 3.48. The predicted octanol–water partition coefficient (Wildman–Crippen LogP) is 4.83. The van der Waals surface area contributed by atoms with Crippen LogP contribution in [0.15, 0.2) is 60.7 Å². The van der Waals surface area contributed by atoms with E-state index in [2.05, 4.69) is 58.1 Å². The molecule has 5 nitrogen and oxygen atoms in total. The van der Waals surface area contributed by atoms with Gasteiger partial charge in [0.2, 0.25) is 5.95 Å². The first-order valence-electron chi connectivity index (χ1n) is 9.52. The van der Waals surface area contributed by atoms with Crippen molar-refractivity contribution in [3.8, 4) is 0 Å². The van der Waals surface area contributed by atoms with Gasteiger partial charge in [-0.05, 0) is 50.5 Å². The number of rotatable bonds is 4. The fraction of sp³-hybridized carbons (Fsp3) is 0.273. The van der Waals surface area contributed by atoms with E-state index in [4.69, 9.17) is 10.7 Å². The minimum atomic E-state index is 0.494. The van der Waals surface area contributed by atoms with Crippen molar-refractivity contribution in [2.75, 3.05) is 28.6 Å². The molecule has 0 atom stereocenters. The molecule has 3 aromatic rings. The fourth-order valence-corrected chi connectivity index (χ4v) is 3.48. The standard InChI is InChI=1S/C22H25N5/c1-17-10-12-19(13-11-17)27(18-8-4-2-5-9-18)22-24-20(23)16-21(25-22)26-14-6-3-7-15-26/h2,4-5,8-13,16H,3,6-7,14-15H2,1H3,(H2,23,24,25). The molecule has 4 rings (SSSR count). The Balaban J connectivity index is 1.80. The molecule has 2 heterocycles. The third-order valence-corrected chi connectivity index (χ3v) is 4.91. The van der Waals surface area contributed by atoms with Crippen LogP contribution in [0.5, 0.6) is 0 Å². The topological polar surface area (TPSA) is 58.3 Å². The van der Waals surface area contributed by atoms with Gasteiger partial charge in [0.1, 0.15) is 11.6 Å². The summed E-state index contributed by atoms with van der Waals surface area (Å²) in [4.78, 5) is 13.8. The van der Waals surface area contributed by atoms with E-state index in [0.29, 0.717) is 11.8 Å². The largest absolute Gasteiger partial charge is 0.383 e. The van der Waals surface area contributed by atoms with Gasteiger partial charge < -0.3 is 10.6 Å². The first-order chi connectivity index (χ1) is 13.2. The first kappa shape index (κ1) is 17.3. The molecule has 0 unspecified atom stereocenters. The maximum Gasteiger partial charge on any atom is 0.238 e. The number of aryl methyl sites for hydroxylation is 1. The molecule has 2 aromatic carbocycles. The Morgan fingerprint density at radius 1 is 0.852 bits per heavy atom. The molecule has 138 valence electrons. The van der Waals surface area contributed by atoms with Crippen molar-refractivity contribution < 1.29 is 0 Å². The number of nitrogen functional groups attached to an aromatic ring is 1. The summed E-state index contributed by atoms with van der Waals surface area (Å²) in [6.07, 6.45) is 3.67. The molecular formula is C22H25N5. The van der Waals surface area contributed by atoms with Crippen molar-refractivity contribution >= 4 is 29.0 Å². The number of hydrogen-bond donors (Lipinski definition) is 1. The monoisotopic (exact) mass is 359 g/mol. The Hall–Kier alpha value is -3.08. The van der Waals surface area contributed by atoms with Crippen molar-refractivity contribution in [1.29, 1.82) is 0 Å². The van der Waals surface area contributed by atoms with Crippen LogP contribution in [0.2, 0.25) is 0 Å². The van der Waals surface area contributed by atoms with Crippen molar-refractivity contribution in [2.24, 2.45) is 0 Å². The number of piperidine rings is 1. The van der Waals surface area contributed by atoms with Crippen molar-refractivity contribution in [3.05, 3.63) is 66.2 Å². The van der Waals surface area contributed by atoms with Gasteiger partial charge in [0.15, 0.2) is 0 Å². The quantitative estimate of drug-likeness (QED) is 0.723. The summed E-state index contributed by atoms with van der Waals surface area (Å²) in [5.41, 5.74) is 9.42. The van der Waals surface area contributed by atoms with Crippen molar-refractivity contribution in [3.63, 3.8) is 0 Å². The first-order valence-corrected chi connectivity index (χ1v) is 9.52. The van der Waals surface area contributed by atoms with E-state index in [0.717, 1.165) is 30.3 Å². The highest BCUT2D eigenvalue weighted by Crippen LogP contribution is 2.34. The summed E-state index contributed by atoms with van der Waals surface area (Å²) < 4.78 is 0. The third-order valence-electron chi connectivity index (χ3n) is 4.91. The van der Waals surface area contributed by atoms with Crippen molar-refractivity contribution in [2.45, 2.75) is 26.2 Å². The summed E-state index contributed by atoms with van der Waals surface area (Å²) in [5, 5.41) is 0. The van der Waals surface area contributed by atoms with Gasteiger partial charge in [0.25, 0.3) is 0 Å². The maximum atomic E-state index is 6.18. The minimum Gasteiger partial charge on any atom is -0.383 e. The van der Waals surface area contributed by atoms with Crippen LogP contribution >= 0.6 is 0 Å². The summed E-state index contributed by atoms with van der Waals surface area (Å²) in [6, 6.07) is 20.4. The summed E-state index contributed by atoms with van der Waals surface area (Å²) >= 11 is 0. The van der Waals surface area contributed by atoms with Gasteiger partial charge in [-0.25, -0.2) is 0 Å². The molecule has 0 bridgehead atoms. The Morgan fingerprint density at radius 2 is 1.52 bits per heavy atom. The van der Waals surface area contributed by atoms with Crippen LogP contribution in [0.25, 0.3) is 0 Å². The molecule has 1 saturated heterocycles. The van der Waals surface area contributed by atoms with E-state index in [9.17, 15) is 0 Å². The molecule has 0 radical (unpaired) electrons. The number of nitrogens with two attached hydrogens (primary N) is 1. The number of aromatic nitrogens is 2. The molecule has 0 saturated carbocycles. The second kappa shape index (κ2) is 7.66. The van der Waals surface area contributed by atoms with Crippen molar-refractivity contribution in [1.82, 2.24) is 9.97 Å². The van der Waals surface area contributed by atoms with Gasteiger partial charge in [-0.1, -0.05) is 35.9 Å².